The van der Waals surface area contributed by atoms with E-state index in [1.165, 1.54) is 0 Å². The average Bonchev–Trinajstić information content (AvgIpc) is 2.10. The highest BCUT2D eigenvalue weighted by Crippen LogP contribution is 2.16. The van der Waals surface area contributed by atoms with E-state index >= 15 is 0 Å². The highest BCUT2D eigenvalue weighted by molar-refractivity contribution is 6.27. The van der Waals surface area contributed by atoms with Crippen LogP contribution in [0.25, 0.3) is 0 Å². The number of hydrogen-bond donors (Lipinski definition) is 0. The molecule has 0 fully saturated rings. The van der Waals surface area contributed by atoms with Gasteiger partial charge in [-0.25, -0.2) is 4.99 Å². The number of alkyl halides is 1. The minimum atomic E-state index is -0.0514. The molecule has 3 heteroatoms. The van der Waals surface area contributed by atoms with Gasteiger partial charge in [0.25, 0.3) is 0 Å². The first-order valence-corrected chi connectivity index (χ1v) is 3.45. The van der Waals surface area contributed by atoms with Gasteiger partial charge in [0, 0.05) is 0 Å². The Morgan fingerprint density at radius 2 is 2.44 bits per heavy atom. The third kappa shape index (κ3) is 1.58. The second-order valence-corrected chi connectivity index (χ2v) is 3.01. The number of aliphatic imine (C=N–C) groups is 1. The van der Waals surface area contributed by atoms with Crippen molar-refractivity contribution in [2.24, 2.45) is 4.99 Å². The second kappa shape index (κ2) is 2.18. The number of ether oxygens (including phenoxy) is 1. The van der Waals surface area contributed by atoms with E-state index in [2.05, 4.69) is 4.99 Å². The molecular weight excluding hydrogens is 138 g/mol. The summed E-state index contributed by atoms with van der Waals surface area (Å²) in [6.07, 6.45) is 0. The molecule has 0 aliphatic carbocycles. The molecule has 0 saturated carbocycles. The number of rotatable bonds is 1. The monoisotopic (exact) mass is 147 g/mol. The summed E-state index contributed by atoms with van der Waals surface area (Å²) in [6.45, 7) is 4.70. The normalized spacial score (nSPS) is 23.2. The first-order valence-electron chi connectivity index (χ1n) is 2.91. The van der Waals surface area contributed by atoms with Crippen LogP contribution in [0.15, 0.2) is 4.99 Å². The molecule has 0 bridgehead atoms. The summed E-state index contributed by atoms with van der Waals surface area (Å²) in [5, 5.41) is 0. The maximum atomic E-state index is 5.48. The molecule has 1 rings (SSSR count). The molecule has 1 aliphatic rings. The minimum Gasteiger partial charge on any atom is -0.478 e. The molecule has 0 amide bonds. The van der Waals surface area contributed by atoms with Crippen molar-refractivity contribution in [3.05, 3.63) is 0 Å². The molecular formula is C6H10ClNO. The lowest BCUT2D eigenvalue weighted by Crippen LogP contribution is -2.17. The smallest absolute Gasteiger partial charge is 0.199 e. The minimum absolute atomic E-state index is 0.0514. The molecule has 0 N–H and O–H groups in total. The Hall–Kier alpha value is -0.240. The molecule has 0 aromatic carbocycles. The molecule has 0 unspecified atom stereocenters. The topological polar surface area (TPSA) is 21.6 Å². The Kier molecular flexibility index (Phi) is 1.66. The van der Waals surface area contributed by atoms with E-state index in [1.54, 1.807) is 0 Å². The fourth-order valence-electron chi connectivity index (χ4n) is 0.731. The van der Waals surface area contributed by atoms with Crippen LogP contribution in [0.3, 0.4) is 0 Å². The summed E-state index contributed by atoms with van der Waals surface area (Å²) in [4.78, 5) is 4.20. The maximum absolute atomic E-state index is 5.48. The van der Waals surface area contributed by atoms with E-state index < -0.39 is 0 Å². The molecule has 0 radical (unpaired) electrons. The van der Waals surface area contributed by atoms with Crippen molar-refractivity contribution in [3.8, 4) is 0 Å². The van der Waals surface area contributed by atoms with E-state index in [-0.39, 0.29) is 5.54 Å². The number of halogens is 1. The van der Waals surface area contributed by atoms with Crippen molar-refractivity contribution < 1.29 is 4.74 Å². The van der Waals surface area contributed by atoms with Crippen LogP contribution in [0.4, 0.5) is 0 Å². The summed E-state index contributed by atoms with van der Waals surface area (Å²) >= 11 is 5.48. The van der Waals surface area contributed by atoms with Gasteiger partial charge in [-0.05, 0) is 13.8 Å². The van der Waals surface area contributed by atoms with Gasteiger partial charge in [-0.1, -0.05) is 0 Å². The van der Waals surface area contributed by atoms with Gasteiger partial charge >= 0.3 is 0 Å². The quantitative estimate of drug-likeness (QED) is 0.515. The van der Waals surface area contributed by atoms with E-state index in [0.717, 1.165) is 0 Å². The Bertz CT molecular complexity index is 142. The fraction of sp³-hybridized carbons (Fsp3) is 0.833. The molecule has 0 spiro atoms. The first-order chi connectivity index (χ1) is 4.14. The van der Waals surface area contributed by atoms with Gasteiger partial charge in [0.2, 0.25) is 0 Å². The van der Waals surface area contributed by atoms with E-state index in [0.29, 0.717) is 18.4 Å². The maximum Gasteiger partial charge on any atom is 0.199 e. The van der Waals surface area contributed by atoms with Crippen LogP contribution in [0.5, 0.6) is 0 Å². The van der Waals surface area contributed by atoms with Gasteiger partial charge in [-0.3, -0.25) is 0 Å². The SMILES string of the molecule is CC1(C)COC(CCl)=N1. The zero-order valence-electron chi connectivity index (χ0n) is 5.65. The lowest BCUT2D eigenvalue weighted by molar-refractivity contribution is 0.278. The molecule has 0 atom stereocenters. The highest BCUT2D eigenvalue weighted by Gasteiger charge is 2.25. The van der Waals surface area contributed by atoms with Gasteiger partial charge in [-0.2, -0.15) is 0 Å². The predicted octanol–water partition coefficient (Wildman–Crippen LogP) is 1.43. The van der Waals surface area contributed by atoms with Crippen LogP contribution in [-0.4, -0.2) is 23.9 Å². The summed E-state index contributed by atoms with van der Waals surface area (Å²) in [7, 11) is 0. The third-order valence-corrected chi connectivity index (χ3v) is 1.36. The third-order valence-electron chi connectivity index (χ3n) is 1.13. The molecule has 9 heavy (non-hydrogen) atoms. The van der Waals surface area contributed by atoms with Crippen molar-refractivity contribution in [2.75, 3.05) is 12.5 Å². The summed E-state index contributed by atoms with van der Waals surface area (Å²) in [5.41, 5.74) is -0.0514. The fourth-order valence-corrected chi connectivity index (χ4v) is 0.867. The molecule has 52 valence electrons. The molecule has 2 nitrogen and oxygen atoms in total. The van der Waals surface area contributed by atoms with Gasteiger partial charge < -0.3 is 4.74 Å². The van der Waals surface area contributed by atoms with Crippen LogP contribution < -0.4 is 0 Å². The lowest BCUT2D eigenvalue weighted by atomic mass is 10.1. The largest absolute Gasteiger partial charge is 0.478 e. The van der Waals surface area contributed by atoms with Crippen molar-refractivity contribution in [1.29, 1.82) is 0 Å². The molecule has 0 saturated heterocycles. The van der Waals surface area contributed by atoms with Crippen LogP contribution in [-0.2, 0) is 4.74 Å². The van der Waals surface area contributed by atoms with Crippen LogP contribution in [0.2, 0.25) is 0 Å². The molecule has 1 heterocycles. The van der Waals surface area contributed by atoms with Crippen LogP contribution in [0, 0.1) is 0 Å². The zero-order chi connectivity index (χ0) is 6.91. The highest BCUT2D eigenvalue weighted by atomic mass is 35.5. The van der Waals surface area contributed by atoms with Crippen molar-refractivity contribution in [1.82, 2.24) is 0 Å². The molecule has 1 aliphatic heterocycles. The van der Waals surface area contributed by atoms with Gasteiger partial charge in [0.05, 0.1) is 11.4 Å². The molecule has 0 aromatic heterocycles. The van der Waals surface area contributed by atoms with Gasteiger partial charge in [0.1, 0.15) is 6.61 Å². The Balaban J connectivity index is 2.61. The molecule has 0 aromatic rings. The van der Waals surface area contributed by atoms with Crippen LogP contribution >= 0.6 is 11.6 Å². The predicted molar refractivity (Wildman–Crippen MR) is 38.2 cm³/mol. The van der Waals surface area contributed by atoms with Crippen molar-refractivity contribution in [2.45, 2.75) is 19.4 Å². The average molecular weight is 148 g/mol. The number of nitrogens with zero attached hydrogens (tertiary/aromatic N) is 1. The van der Waals surface area contributed by atoms with E-state index in [4.69, 9.17) is 16.3 Å². The van der Waals surface area contributed by atoms with E-state index in [1.807, 2.05) is 13.8 Å². The summed E-state index contributed by atoms with van der Waals surface area (Å²) in [6, 6.07) is 0. The zero-order valence-corrected chi connectivity index (χ0v) is 6.40. The van der Waals surface area contributed by atoms with E-state index in [9.17, 15) is 0 Å². The Morgan fingerprint density at radius 1 is 1.78 bits per heavy atom. The first kappa shape index (κ1) is 6.87. The van der Waals surface area contributed by atoms with Crippen molar-refractivity contribution >= 4 is 17.5 Å². The summed E-state index contributed by atoms with van der Waals surface area (Å²) < 4.78 is 5.14. The lowest BCUT2D eigenvalue weighted by Gasteiger charge is -2.07. The van der Waals surface area contributed by atoms with Gasteiger partial charge in [-0.15, -0.1) is 11.6 Å². The number of hydrogen-bond acceptors (Lipinski definition) is 2. The summed E-state index contributed by atoms with van der Waals surface area (Å²) in [5.74, 6) is 1.06. The Morgan fingerprint density at radius 3 is 2.67 bits per heavy atom. The van der Waals surface area contributed by atoms with Gasteiger partial charge in [0.15, 0.2) is 5.90 Å². The van der Waals surface area contributed by atoms with Crippen LogP contribution in [0.1, 0.15) is 13.8 Å². The van der Waals surface area contributed by atoms with Crippen molar-refractivity contribution in [3.63, 3.8) is 0 Å². The second-order valence-electron chi connectivity index (χ2n) is 2.74. The standard InChI is InChI=1S/C6H10ClNO/c1-6(2)4-9-5(3-7)8-6/h3-4H2,1-2H3. The Labute approximate surface area is 59.9 Å².